The zero-order valence-corrected chi connectivity index (χ0v) is 16.7. The number of thiophene rings is 1. The number of nitrogens with one attached hydrogen (secondary N) is 2. The molecule has 2 aromatic rings. The van der Waals surface area contributed by atoms with Crippen LogP contribution in [0.25, 0.3) is 0 Å². The first-order valence-corrected chi connectivity index (χ1v) is 8.21. The zero-order chi connectivity index (χ0) is 15.9. The molecule has 0 saturated carbocycles. The molecule has 0 spiro atoms. The lowest BCUT2D eigenvalue weighted by Crippen LogP contribution is -2.38. The van der Waals surface area contributed by atoms with Gasteiger partial charge in [0.1, 0.15) is 5.82 Å². The number of hydrogen-bond acceptors (Lipinski definition) is 2. The number of nitrogens with zero attached hydrogens (tertiary/aromatic N) is 1. The highest BCUT2D eigenvalue weighted by molar-refractivity contribution is 14.0. The summed E-state index contributed by atoms with van der Waals surface area (Å²) in [5.74, 6) is 0.980. The molecule has 1 heterocycles. The summed E-state index contributed by atoms with van der Waals surface area (Å²) in [5, 5.41) is 8.60. The summed E-state index contributed by atoms with van der Waals surface area (Å²) in [7, 11) is 1.74. The van der Waals surface area contributed by atoms with Crippen molar-refractivity contribution in [1.82, 2.24) is 10.6 Å². The van der Waals surface area contributed by atoms with Gasteiger partial charge in [0.05, 0.1) is 0 Å². The van der Waals surface area contributed by atoms with E-state index in [2.05, 4.69) is 40.1 Å². The summed E-state index contributed by atoms with van der Waals surface area (Å²) in [6.45, 7) is 5.30. The minimum absolute atomic E-state index is 0. The summed E-state index contributed by atoms with van der Waals surface area (Å²) >= 11 is 1.76. The third-order valence-electron chi connectivity index (χ3n) is 3.52. The molecule has 6 heteroatoms. The maximum Gasteiger partial charge on any atom is 0.191 e. The maximum atomic E-state index is 13.5. The van der Waals surface area contributed by atoms with E-state index in [0.29, 0.717) is 18.0 Å². The molecule has 3 nitrogen and oxygen atoms in total. The third-order valence-corrected chi connectivity index (χ3v) is 4.63. The Kier molecular flexibility index (Phi) is 8.54. The third kappa shape index (κ3) is 6.10. The SMILES string of the molecule is CN=C(NCc1ccc(C)c(F)c1)NCC(C)c1cccs1.I. The average molecular weight is 447 g/mol. The van der Waals surface area contributed by atoms with Gasteiger partial charge in [-0.15, -0.1) is 35.3 Å². The Labute approximate surface area is 158 Å². The van der Waals surface area contributed by atoms with Crippen molar-refractivity contribution in [3.05, 3.63) is 57.5 Å². The molecule has 1 unspecified atom stereocenters. The number of aliphatic imine (C=N–C) groups is 1. The van der Waals surface area contributed by atoms with Gasteiger partial charge in [-0.1, -0.05) is 25.1 Å². The second-order valence-corrected chi connectivity index (χ2v) is 6.29. The van der Waals surface area contributed by atoms with Crippen molar-refractivity contribution in [2.75, 3.05) is 13.6 Å². The highest BCUT2D eigenvalue weighted by atomic mass is 127. The highest BCUT2D eigenvalue weighted by Crippen LogP contribution is 2.19. The van der Waals surface area contributed by atoms with Crippen LogP contribution in [0.4, 0.5) is 4.39 Å². The van der Waals surface area contributed by atoms with Gasteiger partial charge in [-0.3, -0.25) is 4.99 Å². The predicted octanol–water partition coefficient (Wildman–Crippen LogP) is 4.28. The summed E-state index contributed by atoms with van der Waals surface area (Å²) in [5.41, 5.74) is 1.56. The van der Waals surface area contributed by atoms with Crippen molar-refractivity contribution in [3.63, 3.8) is 0 Å². The van der Waals surface area contributed by atoms with Gasteiger partial charge in [0.2, 0.25) is 0 Å². The quantitative estimate of drug-likeness (QED) is 0.408. The Bertz CT molecular complexity index is 629. The fourth-order valence-corrected chi connectivity index (χ4v) is 2.86. The standard InChI is InChI=1S/C17H22FN3S.HI/c1-12-6-7-14(9-15(12)18)11-21-17(19-3)20-10-13(2)16-5-4-8-22-16;/h4-9,13H,10-11H2,1-3H3,(H2,19,20,21);1H. The molecule has 0 bridgehead atoms. The summed E-state index contributed by atoms with van der Waals surface area (Å²) in [4.78, 5) is 5.55. The first-order chi connectivity index (χ1) is 10.6. The van der Waals surface area contributed by atoms with Gasteiger partial charge in [0, 0.05) is 30.9 Å². The van der Waals surface area contributed by atoms with E-state index in [1.807, 2.05) is 6.07 Å². The molecule has 0 aliphatic carbocycles. The molecule has 0 radical (unpaired) electrons. The van der Waals surface area contributed by atoms with Gasteiger partial charge in [0.15, 0.2) is 5.96 Å². The number of guanidine groups is 1. The van der Waals surface area contributed by atoms with Gasteiger partial charge in [-0.05, 0) is 35.6 Å². The molecule has 126 valence electrons. The second-order valence-electron chi connectivity index (χ2n) is 5.31. The predicted molar refractivity (Wildman–Crippen MR) is 107 cm³/mol. The minimum Gasteiger partial charge on any atom is -0.356 e. The molecule has 0 aliphatic rings. The Morgan fingerprint density at radius 1 is 1.30 bits per heavy atom. The van der Waals surface area contributed by atoms with Crippen LogP contribution in [0.1, 0.15) is 28.8 Å². The van der Waals surface area contributed by atoms with Crippen molar-refractivity contribution in [3.8, 4) is 0 Å². The molecule has 1 aromatic carbocycles. The van der Waals surface area contributed by atoms with Crippen molar-refractivity contribution in [1.29, 1.82) is 0 Å². The summed E-state index contributed by atoms with van der Waals surface area (Å²) in [6.07, 6.45) is 0. The Balaban J connectivity index is 0.00000264. The fourth-order valence-electron chi connectivity index (χ4n) is 2.07. The van der Waals surface area contributed by atoms with E-state index in [4.69, 9.17) is 0 Å². The number of benzene rings is 1. The van der Waals surface area contributed by atoms with Crippen LogP contribution in [0.3, 0.4) is 0 Å². The van der Waals surface area contributed by atoms with E-state index in [1.165, 1.54) is 4.88 Å². The lowest BCUT2D eigenvalue weighted by atomic mass is 10.1. The van der Waals surface area contributed by atoms with Gasteiger partial charge in [-0.25, -0.2) is 4.39 Å². The smallest absolute Gasteiger partial charge is 0.191 e. The van der Waals surface area contributed by atoms with Crippen LogP contribution in [-0.4, -0.2) is 19.6 Å². The van der Waals surface area contributed by atoms with Crippen LogP contribution in [0.5, 0.6) is 0 Å². The Hall–Kier alpha value is -1.15. The van der Waals surface area contributed by atoms with Gasteiger partial charge in [0.25, 0.3) is 0 Å². The topological polar surface area (TPSA) is 36.4 Å². The molecule has 0 fully saturated rings. The van der Waals surface area contributed by atoms with Crippen molar-refractivity contribution in [2.45, 2.75) is 26.3 Å². The number of aryl methyl sites for hydroxylation is 1. The molecule has 23 heavy (non-hydrogen) atoms. The normalized spacial score (nSPS) is 12.4. The largest absolute Gasteiger partial charge is 0.356 e. The van der Waals surface area contributed by atoms with E-state index < -0.39 is 0 Å². The first-order valence-electron chi connectivity index (χ1n) is 7.33. The number of rotatable bonds is 5. The Morgan fingerprint density at radius 2 is 2.09 bits per heavy atom. The monoisotopic (exact) mass is 447 g/mol. The minimum atomic E-state index is -0.173. The van der Waals surface area contributed by atoms with Crippen molar-refractivity contribution < 1.29 is 4.39 Å². The molecular weight excluding hydrogens is 424 g/mol. The molecule has 2 N–H and O–H groups in total. The maximum absolute atomic E-state index is 13.5. The molecule has 0 aliphatic heterocycles. The average Bonchev–Trinajstić information content (AvgIpc) is 3.05. The van der Waals surface area contributed by atoms with E-state index in [-0.39, 0.29) is 29.8 Å². The van der Waals surface area contributed by atoms with E-state index in [9.17, 15) is 4.39 Å². The van der Waals surface area contributed by atoms with Gasteiger partial charge in [-0.2, -0.15) is 0 Å². The van der Waals surface area contributed by atoms with Crippen LogP contribution in [0.15, 0.2) is 40.7 Å². The van der Waals surface area contributed by atoms with Crippen LogP contribution in [0.2, 0.25) is 0 Å². The van der Waals surface area contributed by atoms with Crippen LogP contribution >= 0.6 is 35.3 Å². The van der Waals surface area contributed by atoms with E-state index in [1.54, 1.807) is 37.4 Å². The fraction of sp³-hybridized carbons (Fsp3) is 0.353. The molecule has 1 atom stereocenters. The molecule has 2 rings (SSSR count). The van der Waals surface area contributed by atoms with Crippen molar-refractivity contribution >= 4 is 41.3 Å². The van der Waals surface area contributed by atoms with Crippen LogP contribution < -0.4 is 10.6 Å². The lowest BCUT2D eigenvalue weighted by Gasteiger charge is -2.15. The number of halogens is 2. The zero-order valence-electron chi connectivity index (χ0n) is 13.6. The summed E-state index contributed by atoms with van der Waals surface area (Å²) in [6, 6.07) is 9.48. The lowest BCUT2D eigenvalue weighted by molar-refractivity contribution is 0.615. The second kappa shape index (κ2) is 9.87. The Morgan fingerprint density at radius 3 is 2.70 bits per heavy atom. The van der Waals surface area contributed by atoms with Gasteiger partial charge >= 0.3 is 0 Å². The van der Waals surface area contributed by atoms with E-state index in [0.717, 1.165) is 18.1 Å². The molecule has 1 aromatic heterocycles. The molecule has 0 saturated heterocycles. The van der Waals surface area contributed by atoms with Gasteiger partial charge < -0.3 is 10.6 Å². The summed E-state index contributed by atoms with van der Waals surface area (Å²) < 4.78 is 13.5. The first kappa shape index (κ1) is 19.9. The van der Waals surface area contributed by atoms with Crippen molar-refractivity contribution in [2.24, 2.45) is 4.99 Å². The molecular formula is C17H23FIN3S. The van der Waals surface area contributed by atoms with Crippen LogP contribution in [0, 0.1) is 12.7 Å². The van der Waals surface area contributed by atoms with Crippen LogP contribution in [-0.2, 0) is 6.54 Å². The molecule has 0 amide bonds. The highest BCUT2D eigenvalue weighted by Gasteiger charge is 2.07. The van der Waals surface area contributed by atoms with E-state index >= 15 is 0 Å². The number of hydrogen-bond donors (Lipinski definition) is 2.